The molecule has 0 spiro atoms. The molecule has 7 nitrogen and oxygen atoms in total. The van der Waals surface area contributed by atoms with Gasteiger partial charge in [0.25, 0.3) is 0 Å². The summed E-state index contributed by atoms with van der Waals surface area (Å²) in [5.74, 6) is 2.66. The second kappa shape index (κ2) is 7.27. The first-order valence-corrected chi connectivity index (χ1v) is 9.70. The maximum atomic E-state index is 6.39. The Morgan fingerprint density at radius 3 is 2.60 bits per heavy atom. The Kier molecular flexibility index (Phi) is 4.44. The number of imidazole rings is 1. The highest BCUT2D eigenvalue weighted by Crippen LogP contribution is 2.32. The molecule has 148 valence electrons. The van der Waals surface area contributed by atoms with Gasteiger partial charge in [0.15, 0.2) is 17.5 Å². The fourth-order valence-corrected chi connectivity index (χ4v) is 3.54. The molecule has 0 atom stereocenters. The van der Waals surface area contributed by atoms with E-state index in [2.05, 4.69) is 20.3 Å². The summed E-state index contributed by atoms with van der Waals surface area (Å²) in [5, 5.41) is 3.96. The van der Waals surface area contributed by atoms with Gasteiger partial charge >= 0.3 is 0 Å². The molecule has 1 aromatic carbocycles. The summed E-state index contributed by atoms with van der Waals surface area (Å²) >= 11 is 6.39. The molecule has 0 bridgehead atoms. The topological polar surface area (TPSA) is 81.7 Å². The molecule has 5 aromatic rings. The number of hydrogen-bond acceptors (Lipinski definition) is 6. The highest BCUT2D eigenvalue weighted by Gasteiger charge is 2.16. The van der Waals surface area contributed by atoms with Gasteiger partial charge in [-0.15, -0.1) is 0 Å². The standard InChI is InChI=1S/C22H17ClN6O/c1-13-25-12-19(30-13)17-8-7-14(11-26-17)27-21-20-18(9-10-24-21)29(2)22(28-20)15-5-3-4-6-16(15)23/h3-12H,1-2H3,(H,24,27). The quantitative estimate of drug-likeness (QED) is 0.423. The molecule has 5 rings (SSSR count). The maximum Gasteiger partial charge on any atom is 0.191 e. The molecule has 1 N–H and O–H groups in total. The molecule has 0 aliphatic rings. The van der Waals surface area contributed by atoms with Crippen molar-refractivity contribution < 1.29 is 4.42 Å². The van der Waals surface area contributed by atoms with Crippen LogP contribution < -0.4 is 5.32 Å². The number of pyridine rings is 2. The van der Waals surface area contributed by atoms with Gasteiger partial charge in [-0.2, -0.15) is 0 Å². The number of hydrogen-bond donors (Lipinski definition) is 1. The fraction of sp³-hybridized carbons (Fsp3) is 0.0909. The van der Waals surface area contributed by atoms with Gasteiger partial charge in [-0.25, -0.2) is 15.0 Å². The van der Waals surface area contributed by atoms with Crippen molar-refractivity contribution in [3.8, 4) is 22.8 Å². The SMILES string of the molecule is Cc1ncc(-c2ccc(Nc3nccc4c3nc(-c3ccccc3Cl)n4C)cn2)o1. The Balaban J connectivity index is 1.51. The van der Waals surface area contributed by atoms with Crippen LogP contribution in [0.2, 0.25) is 5.02 Å². The van der Waals surface area contributed by atoms with Crippen LogP contribution in [-0.2, 0) is 7.05 Å². The number of rotatable bonds is 4. The largest absolute Gasteiger partial charge is 0.439 e. The zero-order chi connectivity index (χ0) is 20.7. The smallest absolute Gasteiger partial charge is 0.191 e. The Morgan fingerprint density at radius 2 is 1.87 bits per heavy atom. The monoisotopic (exact) mass is 416 g/mol. The van der Waals surface area contributed by atoms with Crippen LogP contribution in [0.5, 0.6) is 0 Å². The summed E-state index contributed by atoms with van der Waals surface area (Å²) in [7, 11) is 1.97. The van der Waals surface area contributed by atoms with Crippen molar-refractivity contribution >= 4 is 34.1 Å². The van der Waals surface area contributed by atoms with E-state index in [1.807, 2.05) is 54.1 Å². The van der Waals surface area contributed by atoms with E-state index in [0.29, 0.717) is 28.2 Å². The summed E-state index contributed by atoms with van der Waals surface area (Å²) in [6, 6.07) is 13.4. The molecule has 0 saturated carbocycles. The highest BCUT2D eigenvalue weighted by molar-refractivity contribution is 6.33. The van der Waals surface area contributed by atoms with E-state index in [1.165, 1.54) is 0 Å². The lowest BCUT2D eigenvalue weighted by molar-refractivity contribution is 0.532. The zero-order valence-corrected chi connectivity index (χ0v) is 17.1. The van der Waals surface area contributed by atoms with E-state index in [-0.39, 0.29) is 0 Å². The molecule has 0 aliphatic carbocycles. The van der Waals surface area contributed by atoms with Gasteiger partial charge < -0.3 is 14.3 Å². The van der Waals surface area contributed by atoms with Crippen LogP contribution in [0, 0.1) is 6.92 Å². The first kappa shape index (κ1) is 18.3. The highest BCUT2D eigenvalue weighted by atomic mass is 35.5. The van der Waals surface area contributed by atoms with E-state index >= 15 is 0 Å². The third kappa shape index (κ3) is 3.19. The van der Waals surface area contributed by atoms with Crippen molar-refractivity contribution in [3.63, 3.8) is 0 Å². The van der Waals surface area contributed by atoms with Crippen molar-refractivity contribution in [2.24, 2.45) is 7.05 Å². The molecule has 0 fully saturated rings. The summed E-state index contributed by atoms with van der Waals surface area (Å²) < 4.78 is 7.53. The first-order valence-electron chi connectivity index (χ1n) is 9.32. The van der Waals surface area contributed by atoms with E-state index < -0.39 is 0 Å². The normalized spacial score (nSPS) is 11.2. The summed E-state index contributed by atoms with van der Waals surface area (Å²) in [6.45, 7) is 1.80. The molecule has 0 unspecified atom stereocenters. The van der Waals surface area contributed by atoms with Crippen LogP contribution in [-0.4, -0.2) is 24.5 Å². The Bertz CT molecular complexity index is 1360. The minimum Gasteiger partial charge on any atom is -0.439 e. The second-order valence-electron chi connectivity index (χ2n) is 6.80. The number of aromatic nitrogens is 5. The van der Waals surface area contributed by atoms with Crippen molar-refractivity contribution in [3.05, 3.63) is 72.0 Å². The van der Waals surface area contributed by atoms with Gasteiger partial charge in [-0.3, -0.25) is 4.98 Å². The second-order valence-corrected chi connectivity index (χ2v) is 7.21. The number of aryl methyl sites for hydroxylation is 2. The third-order valence-corrected chi connectivity index (χ3v) is 5.14. The van der Waals surface area contributed by atoms with Gasteiger partial charge in [0.2, 0.25) is 0 Å². The molecule has 0 saturated heterocycles. The van der Waals surface area contributed by atoms with Gasteiger partial charge in [0.05, 0.1) is 28.6 Å². The average Bonchev–Trinajstić information content (AvgIpc) is 3.33. The number of benzene rings is 1. The molecular formula is C22H17ClN6O. The fourth-order valence-electron chi connectivity index (χ4n) is 3.32. The van der Waals surface area contributed by atoms with Crippen LogP contribution in [0.4, 0.5) is 11.5 Å². The lowest BCUT2D eigenvalue weighted by Gasteiger charge is -2.06. The number of oxazole rings is 1. The molecule has 0 amide bonds. The molecule has 8 heteroatoms. The maximum absolute atomic E-state index is 6.39. The predicted molar refractivity (Wildman–Crippen MR) is 117 cm³/mol. The van der Waals surface area contributed by atoms with E-state index in [4.69, 9.17) is 21.0 Å². The first-order chi connectivity index (χ1) is 14.6. The van der Waals surface area contributed by atoms with E-state index in [1.54, 1.807) is 25.5 Å². The Hall–Kier alpha value is -3.71. The summed E-state index contributed by atoms with van der Waals surface area (Å²) in [6.07, 6.45) is 5.14. The van der Waals surface area contributed by atoms with E-state index in [0.717, 1.165) is 28.1 Å². The van der Waals surface area contributed by atoms with Crippen LogP contribution in [0.15, 0.2) is 65.5 Å². The molecule has 30 heavy (non-hydrogen) atoms. The lowest BCUT2D eigenvalue weighted by atomic mass is 10.2. The number of anilines is 2. The molecule has 0 aliphatic heterocycles. The summed E-state index contributed by atoms with van der Waals surface area (Å²) in [4.78, 5) is 17.9. The molecular weight excluding hydrogens is 400 g/mol. The Morgan fingerprint density at radius 1 is 1.00 bits per heavy atom. The summed E-state index contributed by atoms with van der Waals surface area (Å²) in [5.41, 5.74) is 4.08. The average molecular weight is 417 g/mol. The van der Waals surface area contributed by atoms with Gasteiger partial charge in [0, 0.05) is 25.7 Å². The number of nitrogens with one attached hydrogen (secondary N) is 1. The third-order valence-electron chi connectivity index (χ3n) is 4.81. The van der Waals surface area contributed by atoms with Crippen molar-refractivity contribution in [1.29, 1.82) is 0 Å². The minimum absolute atomic E-state index is 0.606. The predicted octanol–water partition coefficient (Wildman–Crippen LogP) is 5.39. The lowest BCUT2D eigenvalue weighted by Crippen LogP contribution is -1.96. The number of fused-ring (bicyclic) bond motifs is 1. The van der Waals surface area contributed by atoms with Crippen molar-refractivity contribution in [1.82, 2.24) is 24.5 Å². The Labute approximate surface area is 177 Å². The zero-order valence-electron chi connectivity index (χ0n) is 16.3. The number of nitrogens with zero attached hydrogens (tertiary/aromatic N) is 5. The molecule has 4 aromatic heterocycles. The van der Waals surface area contributed by atoms with Gasteiger partial charge in [-0.1, -0.05) is 23.7 Å². The molecule has 0 radical (unpaired) electrons. The minimum atomic E-state index is 0.606. The van der Waals surface area contributed by atoms with Gasteiger partial charge in [-0.05, 0) is 30.3 Å². The number of halogens is 1. The van der Waals surface area contributed by atoms with Crippen LogP contribution in [0.3, 0.4) is 0 Å². The van der Waals surface area contributed by atoms with Crippen LogP contribution in [0.1, 0.15) is 5.89 Å². The van der Waals surface area contributed by atoms with Crippen LogP contribution >= 0.6 is 11.6 Å². The van der Waals surface area contributed by atoms with Crippen molar-refractivity contribution in [2.45, 2.75) is 6.92 Å². The van der Waals surface area contributed by atoms with Crippen LogP contribution in [0.25, 0.3) is 33.9 Å². The van der Waals surface area contributed by atoms with Crippen molar-refractivity contribution in [2.75, 3.05) is 5.32 Å². The van der Waals surface area contributed by atoms with E-state index in [9.17, 15) is 0 Å². The van der Waals surface area contributed by atoms with Gasteiger partial charge in [0.1, 0.15) is 17.0 Å². The molecule has 4 heterocycles.